The SMILES string of the molecule is Cc1cccc(CN(c2cc(C)cc(C)c2)S(=O)(=O)c2cccn3cnnc23)c1. The Kier molecular flexibility index (Phi) is 4.84. The number of rotatable bonds is 5. The van der Waals surface area contributed by atoms with Gasteiger partial charge >= 0.3 is 0 Å². The van der Waals surface area contributed by atoms with E-state index in [9.17, 15) is 8.42 Å². The summed E-state index contributed by atoms with van der Waals surface area (Å²) in [4.78, 5) is 0.129. The van der Waals surface area contributed by atoms with Crippen LogP contribution < -0.4 is 4.31 Å². The summed E-state index contributed by atoms with van der Waals surface area (Å²) < 4.78 is 30.7. The first-order chi connectivity index (χ1) is 13.8. The molecule has 0 fully saturated rings. The molecule has 0 atom stereocenters. The molecule has 0 amide bonds. The largest absolute Gasteiger partial charge is 0.288 e. The van der Waals surface area contributed by atoms with Crippen molar-refractivity contribution in [2.75, 3.05) is 4.31 Å². The van der Waals surface area contributed by atoms with Gasteiger partial charge in [-0.25, -0.2) is 8.42 Å². The van der Waals surface area contributed by atoms with Gasteiger partial charge in [-0.3, -0.25) is 8.71 Å². The molecule has 0 aliphatic rings. The van der Waals surface area contributed by atoms with E-state index < -0.39 is 10.0 Å². The van der Waals surface area contributed by atoms with E-state index in [4.69, 9.17) is 0 Å². The first-order valence-electron chi connectivity index (χ1n) is 9.29. The van der Waals surface area contributed by atoms with E-state index in [1.54, 1.807) is 22.7 Å². The van der Waals surface area contributed by atoms with Crippen LogP contribution in [0.1, 0.15) is 22.3 Å². The van der Waals surface area contributed by atoms with Gasteiger partial charge in [0.15, 0.2) is 5.65 Å². The molecule has 2 aromatic heterocycles. The third-order valence-corrected chi connectivity index (χ3v) is 6.55. The Morgan fingerprint density at radius 3 is 2.41 bits per heavy atom. The van der Waals surface area contributed by atoms with Crippen molar-refractivity contribution in [3.05, 3.63) is 89.4 Å². The summed E-state index contributed by atoms with van der Waals surface area (Å²) in [6, 6.07) is 17.0. The highest BCUT2D eigenvalue weighted by molar-refractivity contribution is 7.93. The van der Waals surface area contributed by atoms with Crippen LogP contribution in [0.25, 0.3) is 5.65 Å². The maximum Gasteiger partial charge on any atom is 0.268 e. The fraction of sp³-hybridized carbons (Fsp3) is 0.182. The van der Waals surface area contributed by atoms with Gasteiger partial charge in [-0.2, -0.15) is 0 Å². The predicted molar refractivity (Wildman–Crippen MR) is 113 cm³/mol. The van der Waals surface area contributed by atoms with Crippen molar-refractivity contribution in [1.29, 1.82) is 0 Å². The van der Waals surface area contributed by atoms with Gasteiger partial charge in [-0.05, 0) is 61.7 Å². The lowest BCUT2D eigenvalue weighted by Gasteiger charge is -2.25. The molecular formula is C22H22N4O2S. The smallest absolute Gasteiger partial charge is 0.268 e. The molecule has 4 aromatic rings. The fourth-order valence-corrected chi connectivity index (χ4v) is 5.10. The van der Waals surface area contributed by atoms with E-state index in [-0.39, 0.29) is 11.4 Å². The first-order valence-corrected chi connectivity index (χ1v) is 10.7. The molecule has 0 unspecified atom stereocenters. The second kappa shape index (κ2) is 7.33. The van der Waals surface area contributed by atoms with E-state index in [1.165, 1.54) is 10.6 Å². The number of pyridine rings is 1. The number of fused-ring (bicyclic) bond motifs is 1. The molecule has 29 heavy (non-hydrogen) atoms. The summed E-state index contributed by atoms with van der Waals surface area (Å²) in [7, 11) is -3.89. The van der Waals surface area contributed by atoms with Crippen LogP contribution in [0.4, 0.5) is 5.69 Å². The molecular weight excluding hydrogens is 384 g/mol. The fourth-order valence-electron chi connectivity index (χ4n) is 3.53. The van der Waals surface area contributed by atoms with Crippen LogP contribution in [-0.2, 0) is 16.6 Å². The Morgan fingerprint density at radius 2 is 1.69 bits per heavy atom. The summed E-state index contributed by atoms with van der Waals surface area (Å²) in [5.74, 6) is 0. The topological polar surface area (TPSA) is 67.6 Å². The van der Waals surface area contributed by atoms with Crippen LogP contribution in [0.15, 0.2) is 72.0 Å². The third kappa shape index (κ3) is 3.73. The van der Waals surface area contributed by atoms with E-state index in [0.717, 1.165) is 22.3 Å². The van der Waals surface area contributed by atoms with Gasteiger partial charge in [0.25, 0.3) is 10.0 Å². The average Bonchev–Trinajstić information content (AvgIpc) is 3.14. The van der Waals surface area contributed by atoms with Crippen LogP contribution in [0.2, 0.25) is 0 Å². The van der Waals surface area contributed by atoms with Crippen LogP contribution in [0.5, 0.6) is 0 Å². The molecule has 2 aromatic carbocycles. The molecule has 0 bridgehead atoms. The average molecular weight is 407 g/mol. The summed E-state index contributed by atoms with van der Waals surface area (Å²) in [6.45, 7) is 6.15. The lowest BCUT2D eigenvalue weighted by molar-refractivity contribution is 0.590. The van der Waals surface area contributed by atoms with E-state index >= 15 is 0 Å². The quantitative estimate of drug-likeness (QED) is 0.501. The van der Waals surface area contributed by atoms with Gasteiger partial charge in [-0.1, -0.05) is 35.9 Å². The first kappa shape index (κ1) is 19.1. The Hall–Kier alpha value is -3.19. The summed E-state index contributed by atoms with van der Waals surface area (Å²) >= 11 is 0. The molecule has 0 saturated carbocycles. The van der Waals surface area contributed by atoms with Crippen molar-refractivity contribution in [3.63, 3.8) is 0 Å². The lowest BCUT2D eigenvalue weighted by atomic mass is 10.1. The normalized spacial score (nSPS) is 11.7. The van der Waals surface area contributed by atoms with Gasteiger partial charge in [0.1, 0.15) is 11.2 Å². The number of anilines is 1. The number of nitrogens with zero attached hydrogens (tertiary/aromatic N) is 4. The van der Waals surface area contributed by atoms with E-state index in [2.05, 4.69) is 10.2 Å². The summed E-state index contributed by atoms with van der Waals surface area (Å²) in [5.41, 5.74) is 4.95. The van der Waals surface area contributed by atoms with Gasteiger partial charge in [0, 0.05) is 6.20 Å². The van der Waals surface area contributed by atoms with Gasteiger partial charge in [-0.15, -0.1) is 10.2 Å². The number of benzene rings is 2. The van der Waals surface area contributed by atoms with Gasteiger partial charge < -0.3 is 0 Å². The minimum absolute atomic E-state index is 0.129. The second-order valence-corrected chi connectivity index (χ2v) is 9.11. The zero-order valence-corrected chi connectivity index (χ0v) is 17.4. The Morgan fingerprint density at radius 1 is 0.931 bits per heavy atom. The molecule has 0 radical (unpaired) electrons. The van der Waals surface area contributed by atoms with Crippen LogP contribution >= 0.6 is 0 Å². The predicted octanol–water partition coefficient (Wildman–Crippen LogP) is 4.05. The van der Waals surface area contributed by atoms with Crippen molar-refractivity contribution >= 4 is 21.4 Å². The van der Waals surface area contributed by atoms with E-state index in [0.29, 0.717) is 11.3 Å². The van der Waals surface area contributed by atoms with Crippen molar-refractivity contribution < 1.29 is 8.42 Å². The maximum atomic E-state index is 13.8. The third-order valence-electron chi connectivity index (χ3n) is 4.76. The zero-order valence-electron chi connectivity index (χ0n) is 16.6. The van der Waals surface area contributed by atoms with Crippen LogP contribution in [-0.4, -0.2) is 23.0 Å². The van der Waals surface area contributed by atoms with Crippen LogP contribution in [0, 0.1) is 20.8 Å². The van der Waals surface area contributed by atoms with Gasteiger partial charge in [0.05, 0.1) is 12.2 Å². The van der Waals surface area contributed by atoms with Crippen LogP contribution in [0.3, 0.4) is 0 Å². The van der Waals surface area contributed by atoms with Crippen molar-refractivity contribution in [2.24, 2.45) is 0 Å². The Labute approximate surface area is 170 Å². The highest BCUT2D eigenvalue weighted by Gasteiger charge is 2.28. The number of hydrogen-bond donors (Lipinski definition) is 0. The molecule has 0 spiro atoms. The number of sulfonamides is 1. The summed E-state index contributed by atoms with van der Waals surface area (Å²) in [6.07, 6.45) is 3.23. The molecule has 7 heteroatoms. The molecule has 2 heterocycles. The highest BCUT2D eigenvalue weighted by Crippen LogP contribution is 2.29. The molecule has 0 aliphatic carbocycles. The number of aryl methyl sites for hydroxylation is 3. The minimum Gasteiger partial charge on any atom is -0.288 e. The number of hydrogen-bond acceptors (Lipinski definition) is 4. The molecule has 6 nitrogen and oxygen atoms in total. The lowest BCUT2D eigenvalue weighted by Crippen LogP contribution is -2.31. The van der Waals surface area contributed by atoms with Crippen molar-refractivity contribution in [2.45, 2.75) is 32.2 Å². The molecule has 148 valence electrons. The maximum absolute atomic E-state index is 13.8. The zero-order chi connectivity index (χ0) is 20.6. The molecule has 4 rings (SSSR count). The van der Waals surface area contributed by atoms with Crippen molar-refractivity contribution in [1.82, 2.24) is 14.6 Å². The van der Waals surface area contributed by atoms with E-state index in [1.807, 2.05) is 63.2 Å². The monoisotopic (exact) mass is 406 g/mol. The van der Waals surface area contributed by atoms with Gasteiger partial charge in [0.2, 0.25) is 0 Å². The number of aromatic nitrogens is 3. The highest BCUT2D eigenvalue weighted by atomic mass is 32.2. The Bertz CT molecular complexity index is 1270. The van der Waals surface area contributed by atoms with Crippen molar-refractivity contribution in [3.8, 4) is 0 Å². The second-order valence-electron chi connectivity index (χ2n) is 7.28. The Balaban J connectivity index is 1.90. The summed E-state index contributed by atoms with van der Waals surface area (Å²) in [5, 5.41) is 7.89. The standard InChI is InChI=1S/C22H22N4O2S/c1-16-6-4-7-19(11-16)14-26(20-12-17(2)10-18(3)13-20)29(27,28)21-8-5-9-25-15-23-24-22(21)25/h4-13,15H,14H2,1-3H3. The molecule has 0 saturated heterocycles. The minimum atomic E-state index is -3.89. The molecule has 0 aliphatic heterocycles. The molecule has 0 N–H and O–H groups in total.